The molecule has 1 atom stereocenters. The van der Waals surface area contributed by atoms with Crippen LogP contribution in [0.4, 0.5) is 4.39 Å². The van der Waals surface area contributed by atoms with Crippen LogP contribution in [0.25, 0.3) is 0 Å². The molecule has 0 bridgehead atoms. The predicted molar refractivity (Wildman–Crippen MR) is 127 cm³/mol. The fourth-order valence-electron chi connectivity index (χ4n) is 4.55. The first-order valence-electron chi connectivity index (χ1n) is 11.9. The van der Waals surface area contributed by atoms with Crippen LogP contribution in [0.2, 0.25) is 0 Å². The van der Waals surface area contributed by atoms with Gasteiger partial charge in [-0.15, -0.1) is 0 Å². The molecule has 2 aromatic rings. The maximum absolute atomic E-state index is 14.8. The van der Waals surface area contributed by atoms with Gasteiger partial charge in [-0.1, -0.05) is 18.2 Å². The van der Waals surface area contributed by atoms with E-state index in [0.717, 1.165) is 23.6 Å². The molecule has 9 nitrogen and oxygen atoms in total. The van der Waals surface area contributed by atoms with Gasteiger partial charge in [0.1, 0.15) is 24.5 Å². The largest absolute Gasteiger partial charge is 0.488 e. The van der Waals surface area contributed by atoms with Gasteiger partial charge in [0.2, 0.25) is 5.72 Å². The van der Waals surface area contributed by atoms with Gasteiger partial charge in [0.25, 0.3) is 11.8 Å². The lowest BCUT2D eigenvalue weighted by atomic mass is 10.0. The Morgan fingerprint density at radius 3 is 2.75 bits per heavy atom. The number of rotatable bonds is 10. The van der Waals surface area contributed by atoms with Crippen LogP contribution >= 0.6 is 0 Å². The third-order valence-electron chi connectivity index (χ3n) is 6.58. The van der Waals surface area contributed by atoms with Crippen molar-refractivity contribution in [3.63, 3.8) is 0 Å². The summed E-state index contributed by atoms with van der Waals surface area (Å²) in [5, 5.41) is 13.4. The Morgan fingerprint density at radius 1 is 1.28 bits per heavy atom. The molecule has 2 aromatic carbocycles. The highest BCUT2D eigenvalue weighted by Gasteiger charge is 2.48. The topological polar surface area (TPSA) is 108 Å². The Kier molecular flexibility index (Phi) is 7.97. The third kappa shape index (κ3) is 5.25. The molecule has 2 aliphatic rings. The molecule has 1 fully saturated rings. The molecular formula is C26H30FN3O6. The zero-order valence-corrected chi connectivity index (χ0v) is 20.2. The number of aliphatic hydroxyl groups is 1. The number of amides is 2. The van der Waals surface area contributed by atoms with Gasteiger partial charge in [-0.25, -0.2) is 4.39 Å². The van der Waals surface area contributed by atoms with Crippen molar-refractivity contribution in [2.24, 2.45) is 0 Å². The zero-order valence-electron chi connectivity index (χ0n) is 20.2. The molecule has 2 aliphatic heterocycles. The van der Waals surface area contributed by atoms with Crippen molar-refractivity contribution in [1.82, 2.24) is 15.1 Å². The minimum Gasteiger partial charge on any atom is -0.488 e. The van der Waals surface area contributed by atoms with E-state index in [2.05, 4.69) is 10.2 Å². The first kappa shape index (κ1) is 25.7. The van der Waals surface area contributed by atoms with Gasteiger partial charge in [-0.05, 0) is 23.8 Å². The number of halogens is 1. The third-order valence-corrected chi connectivity index (χ3v) is 6.58. The molecule has 0 saturated carbocycles. The van der Waals surface area contributed by atoms with E-state index in [9.17, 15) is 23.9 Å². The van der Waals surface area contributed by atoms with Crippen molar-refractivity contribution in [3.8, 4) is 5.75 Å². The van der Waals surface area contributed by atoms with Crippen LogP contribution in [0.5, 0.6) is 5.75 Å². The number of fused-ring (bicyclic) bond motifs is 1. The summed E-state index contributed by atoms with van der Waals surface area (Å²) >= 11 is 0. The SMILES string of the molecule is CNC(=O)C(O)(CCC=O)N1Cc2c(OCc3ccc(CN4CCOCC4)cc3F)cccc2C1=O. The van der Waals surface area contributed by atoms with E-state index >= 15 is 0 Å². The number of carbonyl (C=O) groups is 3. The number of morpholine rings is 1. The van der Waals surface area contributed by atoms with Crippen molar-refractivity contribution >= 4 is 18.1 Å². The van der Waals surface area contributed by atoms with E-state index in [0.29, 0.717) is 42.9 Å². The van der Waals surface area contributed by atoms with Crippen LogP contribution in [0.15, 0.2) is 36.4 Å². The fraction of sp³-hybridized carbons (Fsp3) is 0.423. The summed E-state index contributed by atoms with van der Waals surface area (Å²) in [6.45, 7) is 3.47. The molecule has 10 heteroatoms. The Labute approximate surface area is 208 Å². The number of aldehydes is 1. The van der Waals surface area contributed by atoms with Crippen molar-refractivity contribution in [2.45, 2.75) is 38.3 Å². The quantitative estimate of drug-likeness (QED) is 0.478. The van der Waals surface area contributed by atoms with Gasteiger partial charge < -0.3 is 24.7 Å². The molecule has 192 valence electrons. The standard InChI is InChI=1S/C26H30FN3O6/c1-28-25(33)26(34,8-3-11-31)30-16-21-20(24(30)32)4-2-5-23(21)36-17-19-7-6-18(14-22(19)27)15-29-9-12-35-13-10-29/h2,4-7,11,14,34H,3,8-10,12-13,15-17H2,1H3,(H,28,33). The van der Waals surface area contributed by atoms with Gasteiger partial charge >= 0.3 is 0 Å². The number of nitrogens with one attached hydrogen (secondary N) is 1. The van der Waals surface area contributed by atoms with Crippen molar-refractivity contribution in [2.75, 3.05) is 33.4 Å². The summed E-state index contributed by atoms with van der Waals surface area (Å²) in [5.41, 5.74) is -0.190. The second-order valence-electron chi connectivity index (χ2n) is 8.88. The van der Waals surface area contributed by atoms with Crippen LogP contribution in [-0.4, -0.2) is 72.1 Å². The van der Waals surface area contributed by atoms with Gasteiger partial charge in [0.15, 0.2) is 0 Å². The van der Waals surface area contributed by atoms with Gasteiger partial charge in [-0.2, -0.15) is 0 Å². The van der Waals surface area contributed by atoms with Crippen LogP contribution < -0.4 is 10.1 Å². The lowest BCUT2D eigenvalue weighted by molar-refractivity contribution is -0.159. The number of benzene rings is 2. The summed E-state index contributed by atoms with van der Waals surface area (Å²) in [6.07, 6.45) is 0.235. The Bertz CT molecular complexity index is 1140. The zero-order chi connectivity index (χ0) is 25.7. The second-order valence-corrected chi connectivity index (χ2v) is 8.88. The molecule has 0 aliphatic carbocycles. The maximum Gasteiger partial charge on any atom is 0.273 e. The number of carbonyl (C=O) groups excluding carboxylic acids is 3. The second kappa shape index (κ2) is 11.2. The first-order chi connectivity index (χ1) is 17.4. The average Bonchev–Trinajstić information content (AvgIpc) is 3.24. The fourth-order valence-corrected chi connectivity index (χ4v) is 4.55. The Balaban J connectivity index is 1.48. The summed E-state index contributed by atoms with van der Waals surface area (Å²) in [6, 6.07) is 9.93. The van der Waals surface area contributed by atoms with E-state index in [-0.39, 0.29) is 37.4 Å². The molecule has 2 N–H and O–H groups in total. The van der Waals surface area contributed by atoms with E-state index in [1.165, 1.54) is 13.1 Å². The van der Waals surface area contributed by atoms with Gasteiger partial charge in [0.05, 0.1) is 19.8 Å². The monoisotopic (exact) mass is 499 g/mol. The van der Waals surface area contributed by atoms with Crippen LogP contribution in [0.3, 0.4) is 0 Å². The minimum atomic E-state index is -2.19. The average molecular weight is 500 g/mol. The highest BCUT2D eigenvalue weighted by Crippen LogP contribution is 2.36. The Hall–Kier alpha value is -3.34. The highest BCUT2D eigenvalue weighted by molar-refractivity contribution is 6.02. The summed E-state index contributed by atoms with van der Waals surface area (Å²) in [5.74, 6) is -1.36. The minimum absolute atomic E-state index is 0.0564. The normalized spacial score (nSPS) is 17.4. The number of hydrogen-bond acceptors (Lipinski definition) is 7. The van der Waals surface area contributed by atoms with Gasteiger partial charge in [-0.3, -0.25) is 19.4 Å². The van der Waals surface area contributed by atoms with Gasteiger partial charge in [0, 0.05) is 56.2 Å². The van der Waals surface area contributed by atoms with Crippen molar-refractivity contribution in [3.05, 3.63) is 64.5 Å². The molecule has 0 spiro atoms. The number of hydrogen-bond donors (Lipinski definition) is 2. The molecule has 2 heterocycles. The van der Waals surface area contributed by atoms with Crippen molar-refractivity contribution in [1.29, 1.82) is 0 Å². The number of likely N-dealkylation sites (N-methyl/N-ethyl adjacent to an activating group) is 1. The lowest BCUT2D eigenvalue weighted by Gasteiger charge is -2.34. The summed E-state index contributed by atoms with van der Waals surface area (Å²) in [4.78, 5) is 39.7. The molecule has 4 rings (SSSR count). The summed E-state index contributed by atoms with van der Waals surface area (Å²) < 4.78 is 26.1. The first-order valence-corrected chi connectivity index (χ1v) is 11.9. The molecule has 2 amide bonds. The smallest absolute Gasteiger partial charge is 0.273 e. The summed E-state index contributed by atoms with van der Waals surface area (Å²) in [7, 11) is 1.34. The Morgan fingerprint density at radius 2 is 2.06 bits per heavy atom. The molecule has 36 heavy (non-hydrogen) atoms. The van der Waals surface area contributed by atoms with Crippen LogP contribution in [0.1, 0.15) is 39.9 Å². The molecular weight excluding hydrogens is 469 g/mol. The lowest BCUT2D eigenvalue weighted by Crippen LogP contribution is -2.58. The highest BCUT2D eigenvalue weighted by atomic mass is 19.1. The molecule has 1 saturated heterocycles. The molecule has 0 radical (unpaired) electrons. The van der Waals surface area contributed by atoms with Crippen LogP contribution in [0, 0.1) is 5.82 Å². The van der Waals surface area contributed by atoms with Crippen molar-refractivity contribution < 1.29 is 33.4 Å². The van der Waals surface area contributed by atoms with E-state index in [1.54, 1.807) is 24.3 Å². The molecule has 0 aromatic heterocycles. The number of nitrogens with zero attached hydrogens (tertiary/aromatic N) is 2. The maximum atomic E-state index is 14.8. The molecule has 1 unspecified atom stereocenters. The predicted octanol–water partition coefficient (Wildman–Crippen LogP) is 1.61. The van der Waals surface area contributed by atoms with E-state index < -0.39 is 17.5 Å². The van der Waals surface area contributed by atoms with Crippen LogP contribution in [-0.2, 0) is 34.0 Å². The van der Waals surface area contributed by atoms with E-state index in [1.807, 2.05) is 6.07 Å². The number of ether oxygens (including phenoxy) is 2. The van der Waals surface area contributed by atoms with E-state index in [4.69, 9.17) is 9.47 Å².